The van der Waals surface area contributed by atoms with E-state index in [2.05, 4.69) is 12.2 Å². The van der Waals surface area contributed by atoms with Crippen molar-refractivity contribution in [2.45, 2.75) is 45.2 Å². The second-order valence-electron chi connectivity index (χ2n) is 4.80. The fourth-order valence-electron chi connectivity index (χ4n) is 2.28. The van der Waals surface area contributed by atoms with Gasteiger partial charge in [-0.15, -0.1) is 0 Å². The summed E-state index contributed by atoms with van der Waals surface area (Å²) in [5, 5.41) is 2.89. The second-order valence-corrected chi connectivity index (χ2v) is 4.80. The van der Waals surface area contributed by atoms with Gasteiger partial charge in [0.05, 0.1) is 12.8 Å². The Morgan fingerprint density at radius 1 is 1.58 bits per heavy atom. The number of likely N-dealkylation sites (tertiary alicyclic amines) is 1. The van der Waals surface area contributed by atoms with Crippen molar-refractivity contribution in [3.8, 4) is 0 Å². The van der Waals surface area contributed by atoms with E-state index in [1.54, 1.807) is 17.2 Å². The van der Waals surface area contributed by atoms with Crippen molar-refractivity contribution in [2.24, 2.45) is 0 Å². The number of amides is 2. The Morgan fingerprint density at radius 3 is 3.11 bits per heavy atom. The Bertz CT molecular complexity index is 428. The molecule has 1 aliphatic rings. The molecule has 0 spiro atoms. The maximum atomic E-state index is 12.1. The van der Waals surface area contributed by atoms with E-state index >= 15 is 0 Å². The van der Waals surface area contributed by atoms with Crippen molar-refractivity contribution < 1.29 is 14.0 Å². The molecular formula is C14H20N2O3. The fourth-order valence-corrected chi connectivity index (χ4v) is 2.28. The van der Waals surface area contributed by atoms with Gasteiger partial charge in [0.2, 0.25) is 11.8 Å². The van der Waals surface area contributed by atoms with E-state index in [0.717, 1.165) is 12.8 Å². The molecule has 2 amide bonds. The van der Waals surface area contributed by atoms with E-state index in [1.165, 1.54) is 0 Å². The first kappa shape index (κ1) is 13.6. The van der Waals surface area contributed by atoms with Crippen LogP contribution >= 0.6 is 0 Å². The maximum Gasteiger partial charge on any atom is 0.242 e. The van der Waals surface area contributed by atoms with Crippen molar-refractivity contribution >= 4 is 11.8 Å². The molecule has 0 radical (unpaired) electrons. The maximum absolute atomic E-state index is 12.1. The molecule has 1 aliphatic heterocycles. The molecule has 0 aliphatic carbocycles. The summed E-state index contributed by atoms with van der Waals surface area (Å²) in [6, 6.07) is 3.25. The molecule has 5 nitrogen and oxygen atoms in total. The molecule has 0 aromatic carbocycles. The number of furan rings is 1. The van der Waals surface area contributed by atoms with Crippen molar-refractivity contribution in [3.63, 3.8) is 0 Å². The molecule has 2 rings (SSSR count). The molecule has 1 fully saturated rings. The molecular weight excluding hydrogens is 244 g/mol. The minimum absolute atomic E-state index is 0.0204. The molecule has 1 aromatic rings. The first-order valence-electron chi connectivity index (χ1n) is 6.82. The van der Waals surface area contributed by atoms with Crippen LogP contribution in [0.1, 0.15) is 38.4 Å². The zero-order valence-corrected chi connectivity index (χ0v) is 11.2. The predicted octanol–water partition coefficient (Wildman–Crippen LogP) is 1.69. The number of unbranched alkanes of at least 4 members (excludes halogenated alkanes) is 1. The van der Waals surface area contributed by atoms with Gasteiger partial charge in [-0.25, -0.2) is 0 Å². The van der Waals surface area contributed by atoms with Crippen LogP contribution in [0.25, 0.3) is 0 Å². The lowest BCUT2D eigenvalue weighted by atomic mass is 10.2. The number of nitrogens with zero attached hydrogens (tertiary/aromatic N) is 1. The Hall–Kier alpha value is -1.78. The van der Waals surface area contributed by atoms with Crippen LogP contribution in [-0.4, -0.2) is 29.3 Å². The minimum Gasteiger partial charge on any atom is -0.467 e. The van der Waals surface area contributed by atoms with E-state index in [9.17, 15) is 9.59 Å². The number of carbonyl (C=O) groups excluding carboxylic acids is 2. The Morgan fingerprint density at radius 2 is 2.42 bits per heavy atom. The average molecular weight is 264 g/mol. The lowest BCUT2D eigenvalue weighted by molar-refractivity contribution is -0.136. The Balaban J connectivity index is 1.94. The van der Waals surface area contributed by atoms with Crippen molar-refractivity contribution in [2.75, 3.05) is 6.54 Å². The highest BCUT2D eigenvalue weighted by Gasteiger charge is 2.36. The molecule has 2 heterocycles. The van der Waals surface area contributed by atoms with Crippen LogP contribution in [0.3, 0.4) is 0 Å². The van der Waals surface area contributed by atoms with Crippen LogP contribution in [0.4, 0.5) is 0 Å². The van der Waals surface area contributed by atoms with Crippen LogP contribution in [0.2, 0.25) is 0 Å². The molecule has 104 valence electrons. The molecule has 5 heteroatoms. The van der Waals surface area contributed by atoms with E-state index in [1.807, 2.05) is 6.07 Å². The lowest BCUT2D eigenvalue weighted by Gasteiger charge is -2.23. The normalized spacial score (nSPS) is 18.9. The number of nitrogens with one attached hydrogen (secondary N) is 1. The van der Waals surface area contributed by atoms with Gasteiger partial charge < -0.3 is 14.6 Å². The molecule has 0 bridgehead atoms. The van der Waals surface area contributed by atoms with Crippen LogP contribution in [0.15, 0.2) is 22.8 Å². The number of rotatable bonds is 6. The largest absolute Gasteiger partial charge is 0.467 e. The highest BCUT2D eigenvalue weighted by molar-refractivity contribution is 5.90. The van der Waals surface area contributed by atoms with Crippen LogP contribution in [-0.2, 0) is 16.1 Å². The van der Waals surface area contributed by atoms with Gasteiger partial charge >= 0.3 is 0 Å². The predicted molar refractivity (Wildman–Crippen MR) is 70.2 cm³/mol. The second kappa shape index (κ2) is 6.41. The fraction of sp³-hybridized carbons (Fsp3) is 0.571. The average Bonchev–Trinajstić information content (AvgIpc) is 3.02. The summed E-state index contributed by atoms with van der Waals surface area (Å²) in [7, 11) is 0. The van der Waals surface area contributed by atoms with Crippen molar-refractivity contribution in [1.82, 2.24) is 10.2 Å². The van der Waals surface area contributed by atoms with Gasteiger partial charge in [0.25, 0.3) is 0 Å². The standard InChI is InChI=1S/C14H20N2O3/c1-2-3-8-15-14(18)12-6-7-13(17)16(12)10-11-5-4-9-19-11/h4-5,9,12H,2-3,6-8,10H2,1H3,(H,15,18). The number of hydrogen-bond donors (Lipinski definition) is 1. The molecule has 1 unspecified atom stereocenters. The lowest BCUT2D eigenvalue weighted by Crippen LogP contribution is -2.44. The highest BCUT2D eigenvalue weighted by atomic mass is 16.3. The van der Waals surface area contributed by atoms with Gasteiger partial charge in [0.1, 0.15) is 11.8 Å². The summed E-state index contributed by atoms with van der Waals surface area (Å²) in [5.74, 6) is 0.680. The van der Waals surface area contributed by atoms with E-state index in [-0.39, 0.29) is 17.9 Å². The summed E-state index contributed by atoms with van der Waals surface area (Å²) < 4.78 is 5.24. The van der Waals surface area contributed by atoms with Gasteiger partial charge in [0, 0.05) is 13.0 Å². The summed E-state index contributed by atoms with van der Waals surface area (Å²) in [6.07, 6.45) is 4.61. The number of hydrogen-bond acceptors (Lipinski definition) is 3. The minimum atomic E-state index is -0.352. The molecule has 1 aromatic heterocycles. The summed E-state index contributed by atoms with van der Waals surface area (Å²) in [5.41, 5.74) is 0. The third kappa shape index (κ3) is 3.36. The monoisotopic (exact) mass is 264 g/mol. The summed E-state index contributed by atoms with van der Waals surface area (Å²) in [6.45, 7) is 3.13. The first-order chi connectivity index (χ1) is 9.22. The summed E-state index contributed by atoms with van der Waals surface area (Å²) in [4.78, 5) is 25.5. The van der Waals surface area contributed by atoms with Gasteiger partial charge in [-0.1, -0.05) is 13.3 Å². The zero-order valence-electron chi connectivity index (χ0n) is 11.2. The topological polar surface area (TPSA) is 62.6 Å². The third-order valence-corrected chi connectivity index (χ3v) is 3.37. The van der Waals surface area contributed by atoms with Crippen LogP contribution in [0.5, 0.6) is 0 Å². The van der Waals surface area contributed by atoms with Crippen molar-refractivity contribution in [3.05, 3.63) is 24.2 Å². The van der Waals surface area contributed by atoms with Gasteiger partial charge in [-0.2, -0.15) is 0 Å². The van der Waals surface area contributed by atoms with E-state index < -0.39 is 0 Å². The smallest absolute Gasteiger partial charge is 0.242 e. The number of carbonyl (C=O) groups is 2. The molecule has 19 heavy (non-hydrogen) atoms. The third-order valence-electron chi connectivity index (χ3n) is 3.37. The molecule has 1 N–H and O–H groups in total. The van der Waals surface area contributed by atoms with Gasteiger partial charge in [-0.3, -0.25) is 9.59 Å². The van der Waals surface area contributed by atoms with E-state index in [4.69, 9.17) is 4.42 Å². The Labute approximate surface area is 113 Å². The molecule has 0 saturated carbocycles. The molecule has 1 saturated heterocycles. The quantitative estimate of drug-likeness (QED) is 0.795. The molecule has 1 atom stereocenters. The van der Waals surface area contributed by atoms with Crippen LogP contribution < -0.4 is 5.32 Å². The van der Waals surface area contributed by atoms with Gasteiger partial charge in [0.15, 0.2) is 0 Å². The Kier molecular flexibility index (Phi) is 4.60. The van der Waals surface area contributed by atoms with E-state index in [0.29, 0.717) is 31.7 Å². The SMILES string of the molecule is CCCCNC(=O)C1CCC(=O)N1Cc1ccco1. The summed E-state index contributed by atoms with van der Waals surface area (Å²) >= 11 is 0. The van der Waals surface area contributed by atoms with Crippen LogP contribution in [0, 0.1) is 0 Å². The zero-order chi connectivity index (χ0) is 13.7. The highest BCUT2D eigenvalue weighted by Crippen LogP contribution is 2.21. The van der Waals surface area contributed by atoms with Crippen molar-refractivity contribution in [1.29, 1.82) is 0 Å². The first-order valence-corrected chi connectivity index (χ1v) is 6.82. The van der Waals surface area contributed by atoms with Gasteiger partial charge in [-0.05, 0) is 25.0 Å².